The van der Waals surface area contributed by atoms with Gasteiger partial charge in [0.15, 0.2) is 6.54 Å². The van der Waals surface area contributed by atoms with E-state index in [0.717, 1.165) is 10.5 Å². The number of nitrogens with zero attached hydrogens (tertiary/aromatic N) is 2. The standard InChI is InChI=1S/C20H21FN4O4/c21-16-2-1-3-17(13-16)22-19(26)14-23-8-10-24(11-9-23)20(27)12-15-4-6-18(7-5-15)25(28)29/h1-7,13H,8-12,14H2,(H,22,26)/p+1. The van der Waals surface area contributed by atoms with E-state index in [9.17, 15) is 24.1 Å². The van der Waals surface area contributed by atoms with E-state index < -0.39 is 10.7 Å². The maximum absolute atomic E-state index is 13.2. The number of halogens is 1. The molecular formula is C20H22FN4O4+. The van der Waals surface area contributed by atoms with E-state index in [0.29, 0.717) is 31.9 Å². The average Bonchev–Trinajstić information content (AvgIpc) is 2.69. The summed E-state index contributed by atoms with van der Waals surface area (Å²) in [6, 6.07) is 11.7. The molecule has 0 atom stereocenters. The lowest BCUT2D eigenvalue weighted by Crippen LogP contribution is -3.15. The number of carbonyl (C=O) groups is 2. The van der Waals surface area contributed by atoms with Crippen LogP contribution in [0.3, 0.4) is 0 Å². The zero-order chi connectivity index (χ0) is 20.8. The maximum atomic E-state index is 13.2. The van der Waals surface area contributed by atoms with Crippen molar-refractivity contribution >= 4 is 23.2 Å². The maximum Gasteiger partial charge on any atom is 0.279 e. The smallest absolute Gasteiger partial charge is 0.279 e. The van der Waals surface area contributed by atoms with E-state index in [2.05, 4.69) is 5.32 Å². The molecule has 0 spiro atoms. The fraction of sp³-hybridized carbons (Fsp3) is 0.300. The number of amides is 2. The molecule has 2 aromatic rings. The van der Waals surface area contributed by atoms with E-state index in [-0.39, 0.29) is 30.5 Å². The van der Waals surface area contributed by atoms with Gasteiger partial charge in [0.1, 0.15) is 5.82 Å². The number of hydrogen-bond donors (Lipinski definition) is 2. The third kappa shape index (κ3) is 5.82. The number of quaternary nitrogens is 1. The van der Waals surface area contributed by atoms with Crippen molar-refractivity contribution in [1.82, 2.24) is 4.90 Å². The first kappa shape index (κ1) is 20.4. The summed E-state index contributed by atoms with van der Waals surface area (Å²) < 4.78 is 13.2. The molecule has 2 N–H and O–H groups in total. The molecule has 3 rings (SSSR count). The summed E-state index contributed by atoms with van der Waals surface area (Å²) in [5.41, 5.74) is 1.14. The highest BCUT2D eigenvalue weighted by molar-refractivity contribution is 5.91. The second kappa shape index (κ2) is 9.24. The Morgan fingerprint density at radius 1 is 1.14 bits per heavy atom. The molecule has 9 heteroatoms. The van der Waals surface area contributed by atoms with Crippen LogP contribution in [0.5, 0.6) is 0 Å². The predicted octanol–water partition coefficient (Wildman–Crippen LogP) is 0.642. The Hall–Kier alpha value is -3.33. The minimum Gasteiger partial charge on any atom is -0.331 e. The molecule has 1 aliphatic heterocycles. The van der Waals surface area contributed by atoms with E-state index in [1.807, 2.05) is 0 Å². The number of nitro groups is 1. The topological polar surface area (TPSA) is 97.0 Å². The van der Waals surface area contributed by atoms with Gasteiger partial charge in [-0.25, -0.2) is 4.39 Å². The number of carbonyl (C=O) groups excluding carboxylic acids is 2. The van der Waals surface area contributed by atoms with Gasteiger partial charge >= 0.3 is 0 Å². The third-order valence-electron chi connectivity index (χ3n) is 4.84. The van der Waals surface area contributed by atoms with Crippen molar-refractivity contribution in [3.05, 3.63) is 70.0 Å². The molecule has 0 bridgehead atoms. The van der Waals surface area contributed by atoms with Crippen LogP contribution in [-0.4, -0.2) is 54.4 Å². The number of benzene rings is 2. The molecule has 0 aliphatic carbocycles. The lowest BCUT2D eigenvalue weighted by molar-refractivity contribution is -0.895. The van der Waals surface area contributed by atoms with Crippen molar-refractivity contribution in [3.8, 4) is 0 Å². The van der Waals surface area contributed by atoms with Gasteiger partial charge in [0.25, 0.3) is 11.6 Å². The quantitative estimate of drug-likeness (QED) is 0.549. The van der Waals surface area contributed by atoms with Crippen molar-refractivity contribution in [2.45, 2.75) is 6.42 Å². The van der Waals surface area contributed by atoms with Gasteiger partial charge in [0, 0.05) is 17.8 Å². The molecular weight excluding hydrogens is 379 g/mol. The first-order chi connectivity index (χ1) is 13.9. The average molecular weight is 401 g/mol. The predicted molar refractivity (Wildman–Crippen MR) is 104 cm³/mol. The lowest BCUT2D eigenvalue weighted by atomic mass is 10.1. The van der Waals surface area contributed by atoms with Crippen LogP contribution in [-0.2, 0) is 16.0 Å². The normalized spacial score (nSPS) is 14.4. The second-order valence-electron chi connectivity index (χ2n) is 6.97. The zero-order valence-electron chi connectivity index (χ0n) is 15.8. The fourth-order valence-corrected chi connectivity index (χ4v) is 3.27. The summed E-state index contributed by atoms with van der Waals surface area (Å²) in [5, 5.41) is 13.4. The third-order valence-corrected chi connectivity index (χ3v) is 4.84. The van der Waals surface area contributed by atoms with Crippen LogP contribution < -0.4 is 10.2 Å². The van der Waals surface area contributed by atoms with Crippen LogP contribution >= 0.6 is 0 Å². The molecule has 0 radical (unpaired) electrons. The van der Waals surface area contributed by atoms with Crippen molar-refractivity contribution in [2.24, 2.45) is 0 Å². The number of rotatable bonds is 6. The van der Waals surface area contributed by atoms with E-state index in [4.69, 9.17) is 0 Å². The monoisotopic (exact) mass is 401 g/mol. The van der Waals surface area contributed by atoms with Gasteiger partial charge in [-0.1, -0.05) is 18.2 Å². The van der Waals surface area contributed by atoms with Crippen LogP contribution in [0.2, 0.25) is 0 Å². The summed E-state index contributed by atoms with van der Waals surface area (Å²) in [6.45, 7) is 2.61. The SMILES string of the molecule is O=C(C[NH+]1CCN(C(=O)Cc2ccc([N+](=O)[O-])cc2)CC1)Nc1cccc(F)c1. The summed E-state index contributed by atoms with van der Waals surface area (Å²) in [4.78, 5) is 37.6. The number of piperazine rings is 1. The van der Waals surface area contributed by atoms with Crippen molar-refractivity contribution in [3.63, 3.8) is 0 Å². The molecule has 1 heterocycles. The van der Waals surface area contributed by atoms with E-state index in [1.165, 1.54) is 30.3 Å². The molecule has 1 fully saturated rings. The molecule has 152 valence electrons. The van der Waals surface area contributed by atoms with Gasteiger partial charge in [-0.05, 0) is 23.8 Å². The Morgan fingerprint density at radius 3 is 2.45 bits per heavy atom. The van der Waals surface area contributed by atoms with Gasteiger partial charge in [-0.2, -0.15) is 0 Å². The first-order valence-electron chi connectivity index (χ1n) is 9.31. The number of hydrogen-bond acceptors (Lipinski definition) is 4. The molecule has 2 amide bonds. The lowest BCUT2D eigenvalue weighted by Gasteiger charge is -2.32. The molecule has 29 heavy (non-hydrogen) atoms. The first-order valence-corrected chi connectivity index (χ1v) is 9.31. The van der Waals surface area contributed by atoms with Crippen LogP contribution in [0.25, 0.3) is 0 Å². The van der Waals surface area contributed by atoms with Crippen LogP contribution in [0.15, 0.2) is 48.5 Å². The van der Waals surface area contributed by atoms with Gasteiger partial charge in [-0.15, -0.1) is 0 Å². The molecule has 0 unspecified atom stereocenters. The highest BCUT2D eigenvalue weighted by Crippen LogP contribution is 2.13. The Morgan fingerprint density at radius 2 is 1.83 bits per heavy atom. The highest BCUT2D eigenvalue weighted by Gasteiger charge is 2.25. The summed E-state index contributed by atoms with van der Waals surface area (Å²) in [6.07, 6.45) is 0.188. The molecule has 1 aliphatic rings. The Kier molecular flexibility index (Phi) is 6.50. The molecule has 8 nitrogen and oxygen atoms in total. The summed E-state index contributed by atoms with van der Waals surface area (Å²) >= 11 is 0. The molecule has 1 saturated heterocycles. The minimum absolute atomic E-state index is 0.00469. The number of nitro benzene ring substituents is 1. The van der Waals surface area contributed by atoms with Gasteiger partial charge in [0.2, 0.25) is 5.91 Å². The van der Waals surface area contributed by atoms with Crippen molar-refractivity contribution in [1.29, 1.82) is 0 Å². The van der Waals surface area contributed by atoms with Crippen LogP contribution in [0.1, 0.15) is 5.56 Å². The van der Waals surface area contributed by atoms with Crippen molar-refractivity contribution in [2.75, 3.05) is 38.0 Å². The largest absolute Gasteiger partial charge is 0.331 e. The highest BCUT2D eigenvalue weighted by atomic mass is 19.1. The number of nitrogens with one attached hydrogen (secondary N) is 2. The van der Waals surface area contributed by atoms with Gasteiger partial charge in [0.05, 0.1) is 37.5 Å². The molecule has 0 saturated carbocycles. The van der Waals surface area contributed by atoms with E-state index >= 15 is 0 Å². The fourth-order valence-electron chi connectivity index (χ4n) is 3.27. The Labute approximate surface area is 167 Å². The molecule has 2 aromatic carbocycles. The van der Waals surface area contributed by atoms with Crippen LogP contribution in [0, 0.1) is 15.9 Å². The number of non-ortho nitro benzene ring substituents is 1. The summed E-state index contributed by atoms with van der Waals surface area (Å²) in [5.74, 6) is -0.645. The van der Waals surface area contributed by atoms with Crippen molar-refractivity contribution < 1.29 is 23.8 Å². The van der Waals surface area contributed by atoms with Gasteiger partial charge in [-0.3, -0.25) is 19.7 Å². The number of anilines is 1. The zero-order valence-corrected chi connectivity index (χ0v) is 15.8. The summed E-state index contributed by atoms with van der Waals surface area (Å²) in [7, 11) is 0. The van der Waals surface area contributed by atoms with E-state index in [1.54, 1.807) is 23.1 Å². The minimum atomic E-state index is -0.474. The molecule has 0 aromatic heterocycles. The van der Waals surface area contributed by atoms with Crippen LogP contribution in [0.4, 0.5) is 15.8 Å². The Bertz CT molecular complexity index is 896. The van der Waals surface area contributed by atoms with Gasteiger partial charge < -0.3 is 15.1 Å². The Balaban J connectivity index is 1.44. The second-order valence-corrected chi connectivity index (χ2v) is 6.97.